The van der Waals surface area contributed by atoms with E-state index in [9.17, 15) is 27.9 Å². The molecule has 0 aromatic heterocycles. The van der Waals surface area contributed by atoms with Crippen molar-refractivity contribution in [1.82, 2.24) is 4.90 Å². The van der Waals surface area contributed by atoms with Crippen LogP contribution in [0.1, 0.15) is 61.0 Å². The minimum absolute atomic E-state index is 0.0205. The van der Waals surface area contributed by atoms with Crippen LogP contribution in [0.3, 0.4) is 0 Å². The Bertz CT molecular complexity index is 1160. The third kappa shape index (κ3) is 4.99. The SMILES string of the molecule is C=C1CC(CC)C[C@](C)(C(C(=O)O)N2CN(Cc3ccc(C(F)(F)F)cc3)c3ccccc3C2=O)C1. The Morgan fingerprint density at radius 1 is 1.19 bits per heavy atom. The van der Waals surface area contributed by atoms with Gasteiger partial charge in [0, 0.05) is 12.0 Å². The van der Waals surface area contributed by atoms with Gasteiger partial charge in [-0.15, -0.1) is 0 Å². The van der Waals surface area contributed by atoms with Crippen LogP contribution in [-0.2, 0) is 17.5 Å². The molecule has 2 unspecified atom stereocenters. The monoisotopic (exact) mass is 500 g/mol. The fourth-order valence-electron chi connectivity index (χ4n) is 5.92. The average molecular weight is 501 g/mol. The maximum Gasteiger partial charge on any atom is 0.416 e. The number of carbonyl (C=O) groups excluding carboxylic acids is 1. The van der Waals surface area contributed by atoms with Gasteiger partial charge in [-0.2, -0.15) is 13.2 Å². The van der Waals surface area contributed by atoms with Crippen molar-refractivity contribution in [2.75, 3.05) is 11.6 Å². The van der Waals surface area contributed by atoms with Crippen molar-refractivity contribution in [3.8, 4) is 0 Å². The summed E-state index contributed by atoms with van der Waals surface area (Å²) in [4.78, 5) is 29.6. The first kappa shape index (κ1) is 25.8. The Kier molecular flexibility index (Phi) is 6.90. The van der Waals surface area contributed by atoms with Gasteiger partial charge in [0.25, 0.3) is 5.91 Å². The zero-order chi connectivity index (χ0) is 26.3. The molecule has 2 aromatic rings. The van der Waals surface area contributed by atoms with E-state index in [1.165, 1.54) is 17.0 Å². The van der Waals surface area contributed by atoms with Gasteiger partial charge in [-0.3, -0.25) is 4.79 Å². The molecule has 3 atom stereocenters. The van der Waals surface area contributed by atoms with E-state index < -0.39 is 29.2 Å². The standard InChI is InChI=1S/C28H31F3N2O3/c1-4-19-13-18(2)14-27(3,15-19)24(26(35)36)33-17-32(23-8-6-5-7-22(23)25(33)34)16-20-9-11-21(12-10-20)28(29,30)31/h5-12,19,24H,2,4,13-17H2,1,3H3,(H,35,36)/t19?,24?,27-/m1/s1. The lowest BCUT2D eigenvalue weighted by Crippen LogP contribution is -2.60. The van der Waals surface area contributed by atoms with Crippen molar-refractivity contribution in [3.63, 3.8) is 0 Å². The number of para-hydroxylation sites is 1. The number of benzene rings is 2. The number of allylic oxidation sites excluding steroid dienone is 1. The molecular formula is C28H31F3N2O3. The van der Waals surface area contributed by atoms with E-state index in [2.05, 4.69) is 13.5 Å². The van der Waals surface area contributed by atoms with Gasteiger partial charge in [0.05, 0.1) is 23.5 Å². The Labute approximate surface area is 209 Å². The van der Waals surface area contributed by atoms with E-state index in [0.717, 1.165) is 30.5 Å². The van der Waals surface area contributed by atoms with Crippen LogP contribution >= 0.6 is 0 Å². The lowest BCUT2D eigenvalue weighted by molar-refractivity contribution is -0.148. The number of carboxylic acid groups (broad SMARTS) is 1. The molecule has 2 aromatic carbocycles. The van der Waals surface area contributed by atoms with Gasteiger partial charge in [0.2, 0.25) is 0 Å². The molecule has 1 N–H and O–H groups in total. The topological polar surface area (TPSA) is 60.9 Å². The number of alkyl halides is 3. The Balaban J connectivity index is 1.69. The number of anilines is 1. The lowest BCUT2D eigenvalue weighted by Gasteiger charge is -2.49. The maximum absolute atomic E-state index is 13.6. The molecule has 2 aliphatic rings. The van der Waals surface area contributed by atoms with Crippen molar-refractivity contribution in [2.45, 2.75) is 58.3 Å². The largest absolute Gasteiger partial charge is 0.480 e. The molecule has 1 aliphatic carbocycles. The van der Waals surface area contributed by atoms with Crippen molar-refractivity contribution in [2.24, 2.45) is 11.3 Å². The Hall–Kier alpha value is -3.29. The molecule has 5 nitrogen and oxygen atoms in total. The van der Waals surface area contributed by atoms with Gasteiger partial charge < -0.3 is 14.9 Å². The predicted octanol–water partition coefficient (Wildman–Crippen LogP) is 6.35. The summed E-state index contributed by atoms with van der Waals surface area (Å²) in [5.41, 5.74) is 1.21. The quantitative estimate of drug-likeness (QED) is 0.470. The first-order valence-corrected chi connectivity index (χ1v) is 12.1. The predicted molar refractivity (Wildman–Crippen MR) is 131 cm³/mol. The number of amides is 1. The number of carboxylic acids is 1. The molecule has 1 aliphatic heterocycles. The first-order chi connectivity index (χ1) is 16.9. The average Bonchev–Trinajstić information content (AvgIpc) is 2.81. The van der Waals surface area contributed by atoms with Crippen molar-refractivity contribution in [1.29, 1.82) is 0 Å². The van der Waals surface area contributed by atoms with E-state index in [-0.39, 0.29) is 19.1 Å². The summed E-state index contributed by atoms with van der Waals surface area (Å²) in [7, 11) is 0. The number of fused-ring (bicyclic) bond motifs is 1. The van der Waals surface area contributed by atoms with Crippen LogP contribution in [0.5, 0.6) is 0 Å². The summed E-state index contributed by atoms with van der Waals surface area (Å²) in [6.07, 6.45) is -1.48. The van der Waals surface area contributed by atoms with Crippen LogP contribution in [0, 0.1) is 11.3 Å². The molecule has 1 amide bonds. The third-order valence-corrected chi connectivity index (χ3v) is 7.48. The van der Waals surface area contributed by atoms with Crippen molar-refractivity contribution in [3.05, 3.63) is 77.4 Å². The first-order valence-electron chi connectivity index (χ1n) is 12.1. The Morgan fingerprint density at radius 2 is 1.86 bits per heavy atom. The molecule has 0 bridgehead atoms. The number of hydrogen-bond donors (Lipinski definition) is 1. The second-order valence-electron chi connectivity index (χ2n) is 10.3. The van der Waals surface area contributed by atoms with Gasteiger partial charge in [0.15, 0.2) is 0 Å². The van der Waals surface area contributed by atoms with E-state index in [1.54, 1.807) is 24.3 Å². The molecule has 4 rings (SSSR count). The normalized spacial score (nSPS) is 23.4. The second kappa shape index (κ2) is 9.64. The van der Waals surface area contributed by atoms with Gasteiger partial charge in [-0.05, 0) is 55.0 Å². The fourth-order valence-corrected chi connectivity index (χ4v) is 5.92. The van der Waals surface area contributed by atoms with Crippen LogP contribution in [0.2, 0.25) is 0 Å². The number of rotatable bonds is 6. The Morgan fingerprint density at radius 3 is 2.47 bits per heavy atom. The third-order valence-electron chi connectivity index (χ3n) is 7.48. The minimum Gasteiger partial charge on any atom is -0.480 e. The lowest BCUT2D eigenvalue weighted by atomic mass is 9.64. The van der Waals surface area contributed by atoms with E-state index in [0.29, 0.717) is 35.6 Å². The molecule has 1 heterocycles. The number of nitrogens with zero attached hydrogens (tertiary/aromatic N) is 2. The molecule has 0 saturated heterocycles. The second-order valence-corrected chi connectivity index (χ2v) is 10.3. The van der Waals surface area contributed by atoms with Crippen LogP contribution < -0.4 is 4.90 Å². The zero-order valence-electron chi connectivity index (χ0n) is 20.5. The molecule has 0 spiro atoms. The van der Waals surface area contributed by atoms with Crippen LogP contribution in [0.15, 0.2) is 60.7 Å². The van der Waals surface area contributed by atoms with E-state index >= 15 is 0 Å². The summed E-state index contributed by atoms with van der Waals surface area (Å²) in [6.45, 7) is 8.41. The summed E-state index contributed by atoms with van der Waals surface area (Å²) < 4.78 is 39.0. The highest BCUT2D eigenvalue weighted by Gasteiger charge is 2.49. The van der Waals surface area contributed by atoms with E-state index in [4.69, 9.17) is 0 Å². The molecule has 36 heavy (non-hydrogen) atoms. The van der Waals surface area contributed by atoms with Gasteiger partial charge >= 0.3 is 12.1 Å². The number of halogens is 3. The molecule has 192 valence electrons. The minimum atomic E-state index is -4.43. The van der Waals surface area contributed by atoms with Crippen LogP contribution in [0.4, 0.5) is 18.9 Å². The zero-order valence-corrected chi connectivity index (χ0v) is 20.5. The molecule has 1 fully saturated rings. The smallest absolute Gasteiger partial charge is 0.416 e. The fraction of sp³-hybridized carbons (Fsp3) is 0.429. The summed E-state index contributed by atoms with van der Waals surface area (Å²) >= 11 is 0. The highest BCUT2D eigenvalue weighted by atomic mass is 19.4. The highest BCUT2D eigenvalue weighted by Crippen LogP contribution is 2.47. The van der Waals surface area contributed by atoms with Gasteiger partial charge in [-0.1, -0.05) is 56.7 Å². The molecular weight excluding hydrogens is 469 g/mol. The van der Waals surface area contributed by atoms with Crippen LogP contribution in [-0.4, -0.2) is 34.6 Å². The summed E-state index contributed by atoms with van der Waals surface area (Å²) in [6, 6.07) is 10.8. The van der Waals surface area contributed by atoms with Crippen LogP contribution in [0.25, 0.3) is 0 Å². The van der Waals surface area contributed by atoms with Crippen molar-refractivity contribution < 1.29 is 27.9 Å². The van der Waals surface area contributed by atoms with Gasteiger partial charge in [0.1, 0.15) is 6.04 Å². The summed E-state index contributed by atoms with van der Waals surface area (Å²) in [5, 5.41) is 10.4. The number of carbonyl (C=O) groups is 2. The summed E-state index contributed by atoms with van der Waals surface area (Å²) in [5.74, 6) is -1.12. The van der Waals surface area contributed by atoms with E-state index in [1.807, 2.05) is 11.8 Å². The molecule has 1 saturated carbocycles. The highest BCUT2D eigenvalue weighted by molar-refractivity contribution is 6.03. The van der Waals surface area contributed by atoms with Gasteiger partial charge in [-0.25, -0.2) is 4.79 Å². The molecule has 0 radical (unpaired) electrons. The number of aliphatic carboxylic acids is 1. The number of hydrogen-bond acceptors (Lipinski definition) is 3. The molecule has 8 heteroatoms. The maximum atomic E-state index is 13.6. The van der Waals surface area contributed by atoms with Crippen molar-refractivity contribution >= 4 is 17.6 Å².